The molecule has 2 aromatic rings. The van der Waals surface area contributed by atoms with Gasteiger partial charge in [-0.1, -0.05) is 51.5 Å². The summed E-state index contributed by atoms with van der Waals surface area (Å²) in [4.78, 5) is 16.7. The Balaban J connectivity index is 1.49. The van der Waals surface area contributed by atoms with Gasteiger partial charge in [0.1, 0.15) is 5.82 Å². The lowest BCUT2D eigenvalue weighted by atomic mass is 9.79. The van der Waals surface area contributed by atoms with Crippen LogP contribution in [0.4, 0.5) is 9.18 Å². The van der Waals surface area contributed by atoms with E-state index in [4.69, 9.17) is 0 Å². The van der Waals surface area contributed by atoms with E-state index in [0.717, 1.165) is 74.8 Å². The monoisotopic (exact) mass is 464 g/mol. The SMILES string of the molecule is CCCCc1ccc(-c2cc3c(cc2F)[C@H](N(C(=O)O)[C@@H]2CN4CCC2CC4)C(C)(C)C3)cc1. The molecule has 0 radical (unpaired) electrons. The van der Waals surface area contributed by atoms with Crippen molar-refractivity contribution >= 4 is 6.09 Å². The first-order valence-corrected chi connectivity index (χ1v) is 12.9. The normalized spacial score (nSPS) is 26.9. The van der Waals surface area contributed by atoms with Crippen molar-refractivity contribution in [3.63, 3.8) is 0 Å². The molecule has 182 valence electrons. The van der Waals surface area contributed by atoms with Gasteiger partial charge in [0.05, 0.1) is 12.1 Å². The highest BCUT2D eigenvalue weighted by molar-refractivity contribution is 5.70. The largest absolute Gasteiger partial charge is 0.465 e. The van der Waals surface area contributed by atoms with Crippen LogP contribution in [0.5, 0.6) is 0 Å². The van der Waals surface area contributed by atoms with Crippen LogP contribution in [-0.4, -0.2) is 46.7 Å². The third-order valence-corrected chi connectivity index (χ3v) is 8.47. The van der Waals surface area contributed by atoms with E-state index in [9.17, 15) is 9.90 Å². The second kappa shape index (κ2) is 8.99. The molecular formula is C29H37FN2O2. The van der Waals surface area contributed by atoms with Crippen LogP contribution in [0.2, 0.25) is 0 Å². The molecule has 1 amide bonds. The summed E-state index contributed by atoms with van der Waals surface area (Å²) in [6.45, 7) is 9.38. The third-order valence-electron chi connectivity index (χ3n) is 8.47. The molecule has 3 fully saturated rings. The van der Waals surface area contributed by atoms with Crippen LogP contribution in [-0.2, 0) is 12.8 Å². The zero-order chi connectivity index (χ0) is 24.0. The molecule has 0 saturated carbocycles. The fraction of sp³-hybridized carbons (Fsp3) is 0.552. The lowest BCUT2D eigenvalue weighted by Crippen LogP contribution is -2.60. The Morgan fingerprint density at radius 2 is 1.88 bits per heavy atom. The third kappa shape index (κ3) is 4.13. The maximum atomic E-state index is 15.5. The van der Waals surface area contributed by atoms with Crippen molar-refractivity contribution in [1.82, 2.24) is 9.80 Å². The van der Waals surface area contributed by atoms with Crippen molar-refractivity contribution in [1.29, 1.82) is 0 Å². The number of rotatable bonds is 6. The number of fused-ring (bicyclic) bond motifs is 4. The molecule has 3 saturated heterocycles. The van der Waals surface area contributed by atoms with Crippen LogP contribution in [0.25, 0.3) is 11.1 Å². The molecule has 1 aliphatic carbocycles. The summed E-state index contributed by atoms with van der Waals surface area (Å²) in [5.41, 5.74) is 4.42. The van der Waals surface area contributed by atoms with E-state index in [1.54, 1.807) is 11.0 Å². The summed E-state index contributed by atoms with van der Waals surface area (Å²) in [5.74, 6) is 0.137. The number of hydrogen-bond donors (Lipinski definition) is 1. The average Bonchev–Trinajstić information content (AvgIpc) is 3.07. The van der Waals surface area contributed by atoms with Crippen molar-refractivity contribution < 1.29 is 14.3 Å². The molecule has 5 heteroatoms. The van der Waals surface area contributed by atoms with Gasteiger partial charge in [-0.15, -0.1) is 0 Å². The number of hydrogen-bond acceptors (Lipinski definition) is 2. The lowest BCUT2D eigenvalue weighted by Gasteiger charge is -2.51. The number of unbranched alkanes of at least 4 members (excludes halogenated alkanes) is 1. The van der Waals surface area contributed by atoms with E-state index >= 15 is 4.39 Å². The van der Waals surface area contributed by atoms with E-state index in [-0.39, 0.29) is 23.3 Å². The smallest absolute Gasteiger partial charge is 0.408 e. The maximum absolute atomic E-state index is 15.5. The fourth-order valence-electron chi connectivity index (χ4n) is 6.72. The topological polar surface area (TPSA) is 43.8 Å². The number of amides is 1. The van der Waals surface area contributed by atoms with Crippen LogP contribution in [0, 0.1) is 17.2 Å². The number of carboxylic acid groups (broad SMARTS) is 1. The van der Waals surface area contributed by atoms with E-state index in [2.05, 4.69) is 37.8 Å². The number of aryl methyl sites for hydroxylation is 1. The summed E-state index contributed by atoms with van der Waals surface area (Å²) in [6.07, 6.45) is 5.33. The Kier molecular flexibility index (Phi) is 6.18. The lowest BCUT2D eigenvalue weighted by molar-refractivity contribution is -0.0267. The predicted octanol–water partition coefficient (Wildman–Crippen LogP) is 6.53. The number of carbonyl (C=O) groups is 1. The minimum Gasteiger partial charge on any atom is -0.465 e. The molecule has 0 unspecified atom stereocenters. The van der Waals surface area contributed by atoms with E-state index < -0.39 is 6.09 Å². The van der Waals surface area contributed by atoms with Crippen LogP contribution in [0.3, 0.4) is 0 Å². The van der Waals surface area contributed by atoms with E-state index in [1.807, 2.05) is 18.2 Å². The van der Waals surface area contributed by atoms with Gasteiger partial charge in [-0.05, 0) is 90.9 Å². The quantitative estimate of drug-likeness (QED) is 0.528. The number of benzene rings is 2. The van der Waals surface area contributed by atoms with Gasteiger partial charge in [0.2, 0.25) is 0 Å². The molecule has 3 aliphatic heterocycles. The minimum absolute atomic E-state index is 0.0198. The molecule has 2 atom stereocenters. The van der Waals surface area contributed by atoms with Crippen molar-refractivity contribution in [2.45, 2.75) is 71.4 Å². The molecule has 0 spiro atoms. The molecule has 2 aromatic carbocycles. The second-order valence-electron chi connectivity index (χ2n) is 11.3. The molecule has 4 aliphatic rings. The predicted molar refractivity (Wildman–Crippen MR) is 133 cm³/mol. The number of piperidine rings is 3. The molecule has 3 heterocycles. The zero-order valence-electron chi connectivity index (χ0n) is 20.7. The van der Waals surface area contributed by atoms with Gasteiger partial charge in [0.25, 0.3) is 0 Å². The van der Waals surface area contributed by atoms with Crippen LogP contribution in [0.15, 0.2) is 36.4 Å². The Labute approximate surface area is 202 Å². The van der Waals surface area contributed by atoms with E-state index in [0.29, 0.717) is 11.5 Å². The standard InChI is InChI=1S/C29H37FN2O2/c1-4-5-6-19-7-9-20(10-8-19)23-15-22-17-29(2,3)27(24(22)16-25(23)30)32(28(33)34)26-18-31-13-11-21(26)12-14-31/h7-10,15-16,21,26-27H,4-6,11-14,17-18H2,1-3H3,(H,33,34)/t26-,27+/m1/s1. The Morgan fingerprint density at radius 3 is 2.47 bits per heavy atom. The molecule has 1 N–H and O–H groups in total. The first kappa shape index (κ1) is 23.3. The highest BCUT2D eigenvalue weighted by atomic mass is 19.1. The molecule has 6 rings (SSSR count). The first-order valence-electron chi connectivity index (χ1n) is 12.9. The Bertz CT molecular complexity index is 1060. The highest BCUT2D eigenvalue weighted by Crippen LogP contribution is 2.52. The average molecular weight is 465 g/mol. The number of nitrogens with zero attached hydrogens (tertiary/aromatic N) is 2. The van der Waals surface area contributed by atoms with Crippen molar-refractivity contribution in [2.24, 2.45) is 11.3 Å². The van der Waals surface area contributed by atoms with Gasteiger partial charge < -0.3 is 10.0 Å². The van der Waals surface area contributed by atoms with Gasteiger partial charge in [0.15, 0.2) is 0 Å². The Hall–Kier alpha value is -2.40. The van der Waals surface area contributed by atoms with Gasteiger partial charge in [0, 0.05) is 12.1 Å². The van der Waals surface area contributed by atoms with Crippen molar-refractivity contribution in [2.75, 3.05) is 19.6 Å². The zero-order valence-corrected chi connectivity index (χ0v) is 20.7. The highest BCUT2D eigenvalue weighted by Gasteiger charge is 2.50. The van der Waals surface area contributed by atoms with Crippen molar-refractivity contribution in [3.8, 4) is 11.1 Å². The molecule has 0 aromatic heterocycles. The van der Waals surface area contributed by atoms with Gasteiger partial charge in [-0.25, -0.2) is 9.18 Å². The summed E-state index contributed by atoms with van der Waals surface area (Å²) in [7, 11) is 0. The van der Waals surface area contributed by atoms with Crippen LogP contribution < -0.4 is 0 Å². The summed E-state index contributed by atoms with van der Waals surface area (Å²) in [6, 6.07) is 11.5. The van der Waals surface area contributed by atoms with Crippen LogP contribution in [0.1, 0.15) is 69.2 Å². The summed E-state index contributed by atoms with van der Waals surface area (Å²) in [5, 5.41) is 10.4. The van der Waals surface area contributed by atoms with Gasteiger partial charge in [-0.3, -0.25) is 4.90 Å². The molecule has 34 heavy (non-hydrogen) atoms. The fourth-order valence-corrected chi connectivity index (χ4v) is 6.72. The molecular weight excluding hydrogens is 427 g/mol. The second-order valence-corrected chi connectivity index (χ2v) is 11.3. The maximum Gasteiger partial charge on any atom is 0.408 e. The Morgan fingerprint density at radius 1 is 1.18 bits per heavy atom. The molecule has 4 nitrogen and oxygen atoms in total. The van der Waals surface area contributed by atoms with Crippen LogP contribution >= 0.6 is 0 Å². The first-order chi connectivity index (χ1) is 16.3. The van der Waals surface area contributed by atoms with Gasteiger partial charge >= 0.3 is 6.09 Å². The minimum atomic E-state index is -0.878. The van der Waals surface area contributed by atoms with Crippen molar-refractivity contribution in [3.05, 3.63) is 58.9 Å². The summed E-state index contributed by atoms with van der Waals surface area (Å²) >= 11 is 0. The van der Waals surface area contributed by atoms with E-state index in [1.165, 1.54) is 5.56 Å². The molecule has 2 bridgehead atoms. The number of halogens is 1. The summed E-state index contributed by atoms with van der Waals surface area (Å²) < 4.78 is 15.5. The van der Waals surface area contributed by atoms with Gasteiger partial charge in [-0.2, -0.15) is 0 Å².